The van der Waals surface area contributed by atoms with Crippen molar-refractivity contribution in [1.82, 2.24) is 0 Å². The van der Waals surface area contributed by atoms with Gasteiger partial charge < -0.3 is 24.3 Å². The number of anilines is 1. The van der Waals surface area contributed by atoms with Gasteiger partial charge in [-0.1, -0.05) is 0 Å². The van der Waals surface area contributed by atoms with Crippen molar-refractivity contribution in [3.8, 4) is 17.2 Å². The van der Waals surface area contributed by atoms with Crippen molar-refractivity contribution in [2.45, 2.75) is 18.4 Å². The lowest BCUT2D eigenvalue weighted by molar-refractivity contribution is -0.118. The van der Waals surface area contributed by atoms with E-state index >= 15 is 0 Å². The molecular weight excluding hydrogens is 353 g/mol. The van der Waals surface area contributed by atoms with Crippen LogP contribution in [0, 0.1) is 5.82 Å². The van der Waals surface area contributed by atoms with Gasteiger partial charge in [0.2, 0.25) is 0 Å². The zero-order valence-electron chi connectivity index (χ0n) is 14.9. The van der Waals surface area contributed by atoms with Gasteiger partial charge in [-0.25, -0.2) is 4.39 Å². The van der Waals surface area contributed by atoms with Gasteiger partial charge in [0.1, 0.15) is 23.1 Å². The van der Waals surface area contributed by atoms with Crippen LogP contribution in [-0.2, 0) is 19.9 Å². The van der Waals surface area contributed by atoms with Crippen LogP contribution in [0.5, 0.6) is 17.2 Å². The van der Waals surface area contributed by atoms with E-state index in [1.54, 1.807) is 31.4 Å². The van der Waals surface area contributed by atoms with E-state index in [4.69, 9.17) is 18.9 Å². The molecule has 0 bridgehead atoms. The van der Waals surface area contributed by atoms with Crippen molar-refractivity contribution in [3.05, 3.63) is 47.8 Å². The van der Waals surface area contributed by atoms with Gasteiger partial charge in [-0.15, -0.1) is 0 Å². The Kier molecular flexibility index (Phi) is 4.72. The molecule has 142 valence electrons. The molecule has 2 heterocycles. The predicted molar refractivity (Wildman–Crippen MR) is 95.8 cm³/mol. The molecule has 6 nitrogen and oxygen atoms in total. The number of ether oxygens (including phenoxy) is 4. The van der Waals surface area contributed by atoms with Gasteiger partial charge in [-0.05, 0) is 29.8 Å². The smallest absolute Gasteiger partial charge is 0.262 e. The minimum Gasteiger partial charge on any atom is -0.481 e. The number of rotatable bonds is 4. The number of nitrogens with one attached hydrogen (secondary N) is 1. The second-order valence-corrected chi connectivity index (χ2v) is 6.58. The molecule has 0 saturated carbocycles. The third-order valence-electron chi connectivity index (χ3n) is 4.91. The number of fused-ring (bicyclic) bond motifs is 1. The Labute approximate surface area is 156 Å². The first kappa shape index (κ1) is 17.8. The molecule has 2 aliphatic rings. The Morgan fingerprint density at radius 3 is 2.70 bits per heavy atom. The zero-order chi connectivity index (χ0) is 18.9. The van der Waals surface area contributed by atoms with E-state index in [2.05, 4.69) is 5.32 Å². The molecule has 2 aliphatic heterocycles. The van der Waals surface area contributed by atoms with Crippen molar-refractivity contribution in [1.29, 1.82) is 0 Å². The van der Waals surface area contributed by atoms with Gasteiger partial charge in [-0.2, -0.15) is 0 Å². The fourth-order valence-electron chi connectivity index (χ4n) is 3.45. The van der Waals surface area contributed by atoms with E-state index in [-0.39, 0.29) is 12.5 Å². The minimum atomic E-state index is -0.582. The molecule has 4 rings (SSSR count). The van der Waals surface area contributed by atoms with Crippen LogP contribution in [0.1, 0.15) is 18.4 Å². The Morgan fingerprint density at radius 1 is 1.11 bits per heavy atom. The van der Waals surface area contributed by atoms with Crippen molar-refractivity contribution in [2.24, 2.45) is 0 Å². The summed E-state index contributed by atoms with van der Waals surface area (Å²) >= 11 is 0. The van der Waals surface area contributed by atoms with Crippen LogP contribution >= 0.6 is 0 Å². The van der Waals surface area contributed by atoms with Gasteiger partial charge in [-0.3, -0.25) is 4.79 Å². The van der Waals surface area contributed by atoms with Crippen LogP contribution in [0.3, 0.4) is 0 Å². The lowest BCUT2D eigenvalue weighted by atomic mass is 9.86. The van der Waals surface area contributed by atoms with Crippen LogP contribution in [0.25, 0.3) is 0 Å². The first-order valence-corrected chi connectivity index (χ1v) is 8.76. The predicted octanol–water partition coefficient (Wildman–Crippen LogP) is 3.60. The number of amides is 1. The van der Waals surface area contributed by atoms with Crippen LogP contribution in [0.15, 0.2) is 36.4 Å². The second kappa shape index (κ2) is 7.17. The summed E-state index contributed by atoms with van der Waals surface area (Å²) in [4.78, 5) is 11.4. The topological polar surface area (TPSA) is 66.0 Å². The maximum absolute atomic E-state index is 14.3. The fraction of sp³-hybridized carbons (Fsp3) is 0.350. The number of carbonyl (C=O) groups excluding carboxylic acids is 1. The summed E-state index contributed by atoms with van der Waals surface area (Å²) in [7, 11) is 1.63. The lowest BCUT2D eigenvalue weighted by Crippen LogP contribution is -2.35. The average Bonchev–Trinajstić information content (AvgIpc) is 2.68. The third-order valence-corrected chi connectivity index (χ3v) is 4.91. The number of hydrogen-bond acceptors (Lipinski definition) is 5. The highest BCUT2D eigenvalue weighted by molar-refractivity contribution is 5.95. The monoisotopic (exact) mass is 373 g/mol. The molecule has 0 aromatic heterocycles. The quantitative estimate of drug-likeness (QED) is 0.887. The summed E-state index contributed by atoms with van der Waals surface area (Å²) in [6.07, 6.45) is 1.30. The summed E-state index contributed by atoms with van der Waals surface area (Å²) in [6.45, 7) is 1.09. The summed E-state index contributed by atoms with van der Waals surface area (Å²) in [5.74, 6) is 0.772. The molecule has 1 fully saturated rings. The number of halogens is 1. The van der Waals surface area contributed by atoms with E-state index in [9.17, 15) is 9.18 Å². The molecule has 27 heavy (non-hydrogen) atoms. The molecule has 1 amide bonds. The zero-order valence-corrected chi connectivity index (χ0v) is 14.9. The van der Waals surface area contributed by atoms with Gasteiger partial charge >= 0.3 is 0 Å². The minimum absolute atomic E-state index is 0.0427. The highest BCUT2D eigenvalue weighted by Gasteiger charge is 2.35. The molecule has 0 spiro atoms. The van der Waals surface area contributed by atoms with E-state index in [1.165, 1.54) is 12.1 Å². The van der Waals surface area contributed by atoms with Crippen molar-refractivity contribution in [2.75, 3.05) is 32.2 Å². The lowest BCUT2D eigenvalue weighted by Gasteiger charge is -2.36. The molecule has 2 aromatic rings. The third kappa shape index (κ3) is 3.61. The summed E-state index contributed by atoms with van der Waals surface area (Å²) in [5, 5.41) is 2.72. The van der Waals surface area contributed by atoms with Crippen molar-refractivity contribution < 1.29 is 28.1 Å². The standard InChI is InChI=1S/C20H20FNO5/c1-24-20(4-6-25-7-5-20)13-8-14(21)10-16(9-13)27-15-2-3-17-18(11-15)26-12-19(23)22-17/h2-3,8-11H,4-7,12H2,1H3,(H,22,23). The first-order valence-electron chi connectivity index (χ1n) is 8.76. The summed E-state index contributed by atoms with van der Waals surface area (Å²) < 4.78 is 36.7. The number of benzene rings is 2. The number of methoxy groups -OCH3 is 1. The first-order chi connectivity index (χ1) is 13.1. The van der Waals surface area contributed by atoms with E-state index in [0.717, 1.165) is 5.56 Å². The van der Waals surface area contributed by atoms with Crippen molar-refractivity contribution in [3.63, 3.8) is 0 Å². The van der Waals surface area contributed by atoms with E-state index < -0.39 is 11.4 Å². The number of hydrogen-bond donors (Lipinski definition) is 1. The maximum Gasteiger partial charge on any atom is 0.262 e. The highest BCUT2D eigenvalue weighted by Crippen LogP contribution is 2.39. The normalized spacial score (nSPS) is 18.2. The van der Waals surface area contributed by atoms with E-state index in [0.29, 0.717) is 49.0 Å². The molecule has 7 heteroatoms. The van der Waals surface area contributed by atoms with Gasteiger partial charge in [0.15, 0.2) is 6.61 Å². The molecule has 0 aliphatic carbocycles. The van der Waals surface area contributed by atoms with Crippen LogP contribution in [-0.4, -0.2) is 32.8 Å². The summed E-state index contributed by atoms with van der Waals surface area (Å²) in [5.41, 5.74) is 0.727. The SMILES string of the molecule is COC1(c2cc(F)cc(Oc3ccc4c(c3)OCC(=O)N4)c2)CCOCC1. The van der Waals surface area contributed by atoms with Gasteiger partial charge in [0.05, 0.1) is 11.3 Å². The Hall–Kier alpha value is -2.64. The Balaban J connectivity index is 1.61. The molecule has 0 atom stereocenters. The summed E-state index contributed by atoms with van der Waals surface area (Å²) in [6, 6.07) is 9.65. The molecule has 0 radical (unpaired) electrons. The van der Waals surface area contributed by atoms with Crippen LogP contribution in [0.2, 0.25) is 0 Å². The van der Waals surface area contributed by atoms with E-state index in [1.807, 2.05) is 0 Å². The van der Waals surface area contributed by atoms with Crippen LogP contribution < -0.4 is 14.8 Å². The molecule has 0 unspecified atom stereocenters. The molecule has 1 saturated heterocycles. The average molecular weight is 373 g/mol. The molecular formula is C20H20FNO5. The maximum atomic E-state index is 14.3. The van der Waals surface area contributed by atoms with Crippen LogP contribution in [0.4, 0.5) is 10.1 Å². The highest BCUT2D eigenvalue weighted by atomic mass is 19.1. The number of carbonyl (C=O) groups is 1. The van der Waals surface area contributed by atoms with Gasteiger partial charge in [0.25, 0.3) is 5.91 Å². The Bertz CT molecular complexity index is 863. The molecule has 2 aromatic carbocycles. The fourth-order valence-corrected chi connectivity index (χ4v) is 3.45. The van der Waals surface area contributed by atoms with Crippen molar-refractivity contribution >= 4 is 11.6 Å². The van der Waals surface area contributed by atoms with Gasteiger partial charge in [0, 0.05) is 45.3 Å². The second-order valence-electron chi connectivity index (χ2n) is 6.58. The Morgan fingerprint density at radius 2 is 1.93 bits per heavy atom. The largest absolute Gasteiger partial charge is 0.481 e. The molecule has 1 N–H and O–H groups in total.